The fourth-order valence-corrected chi connectivity index (χ4v) is 2.54. The van der Waals surface area contributed by atoms with Crippen LogP contribution in [0.4, 0.5) is 5.69 Å². The Balaban J connectivity index is 1.86. The lowest BCUT2D eigenvalue weighted by Crippen LogP contribution is -2.22. The van der Waals surface area contributed by atoms with Crippen molar-refractivity contribution in [2.75, 3.05) is 31.1 Å². The van der Waals surface area contributed by atoms with E-state index in [9.17, 15) is 0 Å². The Morgan fingerprint density at radius 3 is 2.67 bits per heavy atom. The average Bonchev–Trinajstić information content (AvgIpc) is 2.93. The van der Waals surface area contributed by atoms with E-state index in [4.69, 9.17) is 5.73 Å². The number of nitrogens with zero attached hydrogens (tertiary/aromatic N) is 1. The normalized spacial score (nSPS) is 15.3. The fourth-order valence-electron chi connectivity index (χ4n) is 2.54. The van der Waals surface area contributed by atoms with Crippen LogP contribution < -0.4 is 16.0 Å². The summed E-state index contributed by atoms with van der Waals surface area (Å²) in [5, 5.41) is 3.52. The molecule has 0 radical (unpaired) electrons. The van der Waals surface area contributed by atoms with Crippen molar-refractivity contribution in [1.82, 2.24) is 5.32 Å². The molecule has 1 aliphatic heterocycles. The van der Waals surface area contributed by atoms with Gasteiger partial charge in [-0.2, -0.15) is 0 Å². The van der Waals surface area contributed by atoms with E-state index in [1.54, 1.807) is 0 Å². The van der Waals surface area contributed by atoms with Gasteiger partial charge in [-0.1, -0.05) is 18.2 Å². The van der Waals surface area contributed by atoms with Crippen LogP contribution in [0.2, 0.25) is 0 Å². The predicted molar refractivity (Wildman–Crippen MR) is 77.9 cm³/mol. The molecule has 0 bridgehead atoms. The molecule has 1 aliphatic rings. The monoisotopic (exact) mass is 247 g/mol. The second-order valence-electron chi connectivity index (χ2n) is 5.00. The van der Waals surface area contributed by atoms with Crippen molar-refractivity contribution < 1.29 is 0 Å². The van der Waals surface area contributed by atoms with Gasteiger partial charge >= 0.3 is 0 Å². The molecule has 1 fully saturated rings. The average molecular weight is 247 g/mol. The van der Waals surface area contributed by atoms with Gasteiger partial charge in [0.05, 0.1) is 0 Å². The topological polar surface area (TPSA) is 41.3 Å². The highest BCUT2D eigenvalue weighted by atomic mass is 15.1. The fraction of sp³-hybridized carbons (Fsp3) is 0.600. The summed E-state index contributed by atoms with van der Waals surface area (Å²) < 4.78 is 0. The lowest BCUT2D eigenvalue weighted by molar-refractivity contribution is 0.627. The summed E-state index contributed by atoms with van der Waals surface area (Å²) in [6.45, 7) is 5.25. The third-order valence-electron chi connectivity index (χ3n) is 3.56. The minimum Gasteiger partial charge on any atom is -0.371 e. The number of para-hydroxylation sites is 1. The van der Waals surface area contributed by atoms with E-state index >= 15 is 0 Å². The molecule has 1 saturated heterocycles. The molecule has 0 unspecified atom stereocenters. The predicted octanol–water partition coefficient (Wildman–Crippen LogP) is 2.12. The van der Waals surface area contributed by atoms with Crippen LogP contribution in [0, 0.1) is 0 Å². The van der Waals surface area contributed by atoms with Gasteiger partial charge in [-0.15, -0.1) is 0 Å². The molecule has 0 amide bonds. The Morgan fingerprint density at radius 1 is 1.11 bits per heavy atom. The number of unbranched alkanes of at least 4 members (excludes halogenated alkanes) is 1. The van der Waals surface area contributed by atoms with Gasteiger partial charge in [0.1, 0.15) is 0 Å². The van der Waals surface area contributed by atoms with Crippen LogP contribution in [-0.2, 0) is 6.54 Å². The summed E-state index contributed by atoms with van der Waals surface area (Å²) in [5.41, 5.74) is 8.34. The summed E-state index contributed by atoms with van der Waals surface area (Å²) in [6.07, 6.45) is 4.94. The molecule has 0 aliphatic carbocycles. The second-order valence-corrected chi connectivity index (χ2v) is 5.00. The molecule has 3 nitrogen and oxygen atoms in total. The van der Waals surface area contributed by atoms with E-state index in [0.717, 1.165) is 26.1 Å². The number of nitrogens with one attached hydrogen (secondary N) is 1. The number of nitrogens with two attached hydrogens (primary N) is 1. The van der Waals surface area contributed by atoms with Crippen molar-refractivity contribution in [3.8, 4) is 0 Å². The van der Waals surface area contributed by atoms with Crippen molar-refractivity contribution in [1.29, 1.82) is 0 Å². The molecule has 0 saturated carbocycles. The third kappa shape index (κ3) is 3.72. The highest BCUT2D eigenvalue weighted by Crippen LogP contribution is 2.24. The maximum atomic E-state index is 5.49. The number of anilines is 1. The Kier molecular flexibility index (Phi) is 5.49. The van der Waals surface area contributed by atoms with Crippen LogP contribution >= 0.6 is 0 Å². The Morgan fingerprint density at radius 2 is 1.89 bits per heavy atom. The van der Waals surface area contributed by atoms with Crippen LogP contribution in [0.25, 0.3) is 0 Å². The van der Waals surface area contributed by atoms with Gasteiger partial charge in [-0.25, -0.2) is 0 Å². The molecule has 2 rings (SSSR count). The lowest BCUT2D eigenvalue weighted by atomic mass is 10.1. The van der Waals surface area contributed by atoms with Gasteiger partial charge < -0.3 is 16.0 Å². The second kappa shape index (κ2) is 7.39. The van der Waals surface area contributed by atoms with Gasteiger partial charge in [0.2, 0.25) is 0 Å². The van der Waals surface area contributed by atoms with Gasteiger partial charge in [-0.3, -0.25) is 0 Å². The van der Waals surface area contributed by atoms with Gasteiger partial charge in [0, 0.05) is 25.3 Å². The highest BCUT2D eigenvalue weighted by Gasteiger charge is 2.14. The molecule has 0 atom stereocenters. The first kappa shape index (κ1) is 13.4. The Hall–Kier alpha value is -1.06. The summed E-state index contributed by atoms with van der Waals surface area (Å²) in [7, 11) is 0. The van der Waals surface area contributed by atoms with E-state index in [1.807, 2.05) is 0 Å². The van der Waals surface area contributed by atoms with Gasteiger partial charge in [0.25, 0.3) is 0 Å². The molecule has 1 heterocycles. The first-order chi connectivity index (χ1) is 8.92. The standard InChI is InChI=1S/C15H25N3/c16-9-3-4-10-17-13-14-7-1-2-8-15(14)18-11-5-6-12-18/h1-2,7-8,17H,3-6,9-13,16H2. The van der Waals surface area contributed by atoms with Crippen LogP contribution in [0.15, 0.2) is 24.3 Å². The number of benzene rings is 1. The van der Waals surface area contributed by atoms with Crippen LogP contribution in [-0.4, -0.2) is 26.2 Å². The largest absolute Gasteiger partial charge is 0.371 e. The Bertz CT molecular complexity index is 345. The van der Waals surface area contributed by atoms with E-state index in [-0.39, 0.29) is 0 Å². The summed E-state index contributed by atoms with van der Waals surface area (Å²) >= 11 is 0. The molecule has 0 aromatic heterocycles. The zero-order valence-electron chi connectivity index (χ0n) is 11.2. The van der Waals surface area contributed by atoms with E-state index in [0.29, 0.717) is 0 Å². The van der Waals surface area contributed by atoms with Crippen molar-refractivity contribution in [2.24, 2.45) is 5.73 Å². The molecular weight excluding hydrogens is 222 g/mol. The SMILES string of the molecule is NCCCCNCc1ccccc1N1CCCC1. The van der Waals surface area contributed by atoms with Gasteiger partial charge in [-0.05, 0) is 50.4 Å². The first-order valence-electron chi connectivity index (χ1n) is 7.15. The van der Waals surface area contributed by atoms with Crippen molar-refractivity contribution in [3.63, 3.8) is 0 Å². The smallest absolute Gasteiger partial charge is 0.0411 e. The molecule has 100 valence electrons. The molecule has 18 heavy (non-hydrogen) atoms. The number of rotatable bonds is 7. The molecule has 3 N–H and O–H groups in total. The van der Waals surface area contributed by atoms with Crippen molar-refractivity contribution in [3.05, 3.63) is 29.8 Å². The van der Waals surface area contributed by atoms with Gasteiger partial charge in [0.15, 0.2) is 0 Å². The molecule has 0 spiro atoms. The van der Waals surface area contributed by atoms with E-state index in [1.165, 1.54) is 43.6 Å². The van der Waals surface area contributed by atoms with E-state index in [2.05, 4.69) is 34.5 Å². The van der Waals surface area contributed by atoms with Crippen LogP contribution in [0.1, 0.15) is 31.2 Å². The molecule has 1 aromatic carbocycles. The maximum absolute atomic E-state index is 5.49. The van der Waals surface area contributed by atoms with Crippen molar-refractivity contribution in [2.45, 2.75) is 32.2 Å². The number of hydrogen-bond donors (Lipinski definition) is 2. The highest BCUT2D eigenvalue weighted by molar-refractivity contribution is 5.54. The van der Waals surface area contributed by atoms with E-state index < -0.39 is 0 Å². The lowest BCUT2D eigenvalue weighted by Gasteiger charge is -2.21. The molecule has 1 aromatic rings. The Labute approximate surface area is 110 Å². The summed E-state index contributed by atoms with van der Waals surface area (Å²) in [6, 6.07) is 8.77. The number of hydrogen-bond acceptors (Lipinski definition) is 3. The molecule has 3 heteroatoms. The van der Waals surface area contributed by atoms with Crippen LogP contribution in [0.3, 0.4) is 0 Å². The quantitative estimate of drug-likeness (QED) is 0.725. The first-order valence-corrected chi connectivity index (χ1v) is 7.15. The zero-order valence-corrected chi connectivity index (χ0v) is 11.2. The minimum absolute atomic E-state index is 0.798. The summed E-state index contributed by atoms with van der Waals surface area (Å²) in [4.78, 5) is 2.51. The zero-order chi connectivity index (χ0) is 12.6. The van der Waals surface area contributed by atoms with Crippen molar-refractivity contribution >= 4 is 5.69 Å². The third-order valence-corrected chi connectivity index (χ3v) is 3.56. The van der Waals surface area contributed by atoms with Crippen LogP contribution in [0.5, 0.6) is 0 Å². The maximum Gasteiger partial charge on any atom is 0.0411 e. The minimum atomic E-state index is 0.798. The molecular formula is C15H25N3. The summed E-state index contributed by atoms with van der Waals surface area (Å²) in [5.74, 6) is 0.